The van der Waals surface area contributed by atoms with Gasteiger partial charge in [0.05, 0.1) is 19.2 Å². The molecule has 2 rings (SSSR count). The fourth-order valence-corrected chi connectivity index (χ4v) is 2.11. The highest BCUT2D eigenvalue weighted by Gasteiger charge is 2.36. The molecule has 0 aromatic carbocycles. The van der Waals surface area contributed by atoms with Crippen LogP contribution in [-0.2, 0) is 10.9 Å². The third-order valence-corrected chi connectivity index (χ3v) is 3.17. The lowest BCUT2D eigenvalue weighted by Crippen LogP contribution is -2.41. The van der Waals surface area contributed by atoms with Crippen molar-refractivity contribution in [1.29, 1.82) is 5.26 Å². The zero-order valence-corrected chi connectivity index (χ0v) is 9.25. The van der Waals surface area contributed by atoms with Gasteiger partial charge in [0.25, 0.3) is 0 Å². The van der Waals surface area contributed by atoms with Crippen LogP contribution in [0.4, 0.5) is 18.3 Å². The van der Waals surface area contributed by atoms with E-state index in [0.29, 0.717) is 24.5 Å². The second kappa shape index (κ2) is 4.46. The van der Waals surface area contributed by atoms with Gasteiger partial charge >= 0.3 is 6.18 Å². The lowest BCUT2D eigenvalue weighted by molar-refractivity contribution is -0.138. The van der Waals surface area contributed by atoms with Gasteiger partial charge in [-0.2, -0.15) is 18.4 Å². The highest BCUT2D eigenvalue weighted by molar-refractivity contribution is 7.15. The molecule has 1 aromatic heterocycles. The summed E-state index contributed by atoms with van der Waals surface area (Å²) < 4.78 is 42.1. The molecule has 1 unspecified atom stereocenters. The maximum atomic E-state index is 12.3. The van der Waals surface area contributed by atoms with E-state index in [1.165, 1.54) is 0 Å². The molecule has 0 radical (unpaired) electrons. The van der Waals surface area contributed by atoms with Crippen LogP contribution in [0.1, 0.15) is 5.01 Å². The number of hydrogen-bond acceptors (Lipinski definition) is 6. The molecule has 0 bridgehead atoms. The van der Waals surface area contributed by atoms with Crippen LogP contribution in [0.2, 0.25) is 0 Å². The zero-order valence-electron chi connectivity index (χ0n) is 8.44. The Hall–Kier alpha value is -1.40. The zero-order chi connectivity index (χ0) is 12.5. The van der Waals surface area contributed by atoms with E-state index in [9.17, 15) is 13.2 Å². The SMILES string of the molecule is N#CC1CN(c2nnc(C(F)(F)F)s2)CCO1. The van der Waals surface area contributed by atoms with Crippen LogP contribution in [0.5, 0.6) is 0 Å². The molecule has 2 heterocycles. The fourth-order valence-electron chi connectivity index (χ4n) is 1.36. The molecule has 1 aliphatic rings. The van der Waals surface area contributed by atoms with Crippen LogP contribution in [0, 0.1) is 11.3 Å². The summed E-state index contributed by atoms with van der Waals surface area (Å²) in [5, 5.41) is 14.4. The molecule has 1 aliphatic heterocycles. The van der Waals surface area contributed by atoms with Crippen LogP contribution in [0.3, 0.4) is 0 Å². The number of morpholine rings is 1. The first kappa shape index (κ1) is 12.1. The molecule has 9 heteroatoms. The Bertz CT molecular complexity index is 441. The standard InChI is InChI=1S/C8H7F3N4OS/c9-8(10,11)6-13-14-7(17-6)15-1-2-16-5(3-12)4-15/h5H,1-2,4H2. The van der Waals surface area contributed by atoms with Crippen LogP contribution in [0.15, 0.2) is 0 Å². The second-order valence-corrected chi connectivity index (χ2v) is 4.28. The monoisotopic (exact) mass is 264 g/mol. The maximum Gasteiger partial charge on any atom is 0.445 e. The van der Waals surface area contributed by atoms with Crippen molar-refractivity contribution in [3.8, 4) is 6.07 Å². The van der Waals surface area contributed by atoms with Gasteiger partial charge in [-0.25, -0.2) is 0 Å². The average Bonchev–Trinajstić information content (AvgIpc) is 2.78. The van der Waals surface area contributed by atoms with Gasteiger partial charge in [0.1, 0.15) is 0 Å². The third kappa shape index (κ3) is 2.65. The molecule has 0 aliphatic carbocycles. The summed E-state index contributed by atoms with van der Waals surface area (Å²) in [5.74, 6) is 0. The van der Waals surface area contributed by atoms with Crippen LogP contribution in [-0.4, -0.2) is 36.0 Å². The molecule has 1 aromatic rings. The third-order valence-electron chi connectivity index (χ3n) is 2.14. The van der Waals surface area contributed by atoms with Crippen molar-refractivity contribution in [2.24, 2.45) is 0 Å². The molecule has 5 nitrogen and oxygen atoms in total. The van der Waals surface area contributed by atoms with E-state index in [-0.39, 0.29) is 11.7 Å². The van der Waals surface area contributed by atoms with Crippen molar-refractivity contribution < 1.29 is 17.9 Å². The van der Waals surface area contributed by atoms with Gasteiger partial charge in [0.2, 0.25) is 10.1 Å². The molecule has 1 saturated heterocycles. The summed E-state index contributed by atoms with van der Waals surface area (Å²) in [6.45, 7) is 0.910. The van der Waals surface area contributed by atoms with E-state index in [0.717, 1.165) is 0 Å². The summed E-state index contributed by atoms with van der Waals surface area (Å²) >= 11 is 0.473. The number of ether oxygens (including phenoxy) is 1. The van der Waals surface area contributed by atoms with E-state index < -0.39 is 17.3 Å². The van der Waals surface area contributed by atoms with Crippen LogP contribution < -0.4 is 4.90 Å². The smallest absolute Gasteiger partial charge is 0.360 e. The topological polar surface area (TPSA) is 62.0 Å². The minimum absolute atomic E-state index is 0.167. The number of hydrogen-bond donors (Lipinski definition) is 0. The lowest BCUT2D eigenvalue weighted by Gasteiger charge is -2.28. The Balaban J connectivity index is 2.13. The molecule has 92 valence electrons. The molecule has 1 atom stereocenters. The maximum absolute atomic E-state index is 12.3. The number of rotatable bonds is 1. The van der Waals surface area contributed by atoms with Crippen LogP contribution in [0.25, 0.3) is 0 Å². The Morgan fingerprint density at radius 3 is 2.82 bits per heavy atom. The number of aromatic nitrogens is 2. The average molecular weight is 264 g/mol. The molecule has 0 N–H and O–H groups in total. The Morgan fingerprint density at radius 1 is 1.47 bits per heavy atom. The minimum Gasteiger partial charge on any atom is -0.360 e. The fraction of sp³-hybridized carbons (Fsp3) is 0.625. The molecule has 0 spiro atoms. The largest absolute Gasteiger partial charge is 0.445 e. The van der Waals surface area contributed by atoms with Crippen molar-refractivity contribution in [2.75, 3.05) is 24.6 Å². The minimum atomic E-state index is -4.48. The summed E-state index contributed by atoms with van der Waals surface area (Å²) in [5.41, 5.74) is 0. The van der Waals surface area contributed by atoms with Crippen molar-refractivity contribution in [2.45, 2.75) is 12.3 Å². The summed E-state index contributed by atoms with van der Waals surface area (Å²) in [7, 11) is 0. The molecular weight excluding hydrogens is 257 g/mol. The van der Waals surface area contributed by atoms with E-state index in [1.54, 1.807) is 4.90 Å². The van der Waals surface area contributed by atoms with E-state index in [1.807, 2.05) is 6.07 Å². The normalized spacial score (nSPS) is 21.3. The van der Waals surface area contributed by atoms with Crippen LogP contribution >= 0.6 is 11.3 Å². The quantitative estimate of drug-likeness (QED) is 0.764. The molecular formula is C8H7F3N4OS. The predicted octanol–water partition coefficient (Wildman–Crippen LogP) is 1.29. The van der Waals surface area contributed by atoms with Gasteiger partial charge in [-0.15, -0.1) is 10.2 Å². The lowest BCUT2D eigenvalue weighted by atomic mass is 10.3. The van der Waals surface area contributed by atoms with E-state index >= 15 is 0 Å². The van der Waals surface area contributed by atoms with Gasteiger partial charge in [-0.1, -0.05) is 11.3 Å². The molecule has 1 fully saturated rings. The Morgan fingerprint density at radius 2 is 2.24 bits per heavy atom. The van der Waals surface area contributed by atoms with E-state index in [2.05, 4.69) is 10.2 Å². The first-order valence-corrected chi connectivity index (χ1v) is 5.49. The number of nitriles is 1. The van der Waals surface area contributed by atoms with Gasteiger partial charge in [-0.05, 0) is 0 Å². The molecule has 0 saturated carbocycles. The first-order chi connectivity index (χ1) is 8.00. The Kier molecular flexibility index (Phi) is 3.17. The van der Waals surface area contributed by atoms with Gasteiger partial charge in [-0.3, -0.25) is 0 Å². The predicted molar refractivity (Wildman–Crippen MR) is 52.5 cm³/mol. The van der Waals surface area contributed by atoms with Crippen molar-refractivity contribution >= 4 is 16.5 Å². The van der Waals surface area contributed by atoms with E-state index in [4.69, 9.17) is 10.00 Å². The Labute approximate surface area is 98.4 Å². The number of alkyl halides is 3. The van der Waals surface area contributed by atoms with Gasteiger partial charge < -0.3 is 9.64 Å². The van der Waals surface area contributed by atoms with Crippen molar-refractivity contribution in [3.05, 3.63) is 5.01 Å². The first-order valence-electron chi connectivity index (χ1n) is 4.67. The summed E-state index contributed by atoms with van der Waals surface area (Å²) in [4.78, 5) is 1.57. The van der Waals surface area contributed by atoms with Gasteiger partial charge in [0, 0.05) is 6.54 Å². The number of anilines is 1. The van der Waals surface area contributed by atoms with Crippen molar-refractivity contribution in [1.82, 2.24) is 10.2 Å². The number of nitrogens with zero attached hydrogens (tertiary/aromatic N) is 4. The number of halogens is 3. The molecule has 0 amide bonds. The van der Waals surface area contributed by atoms with Gasteiger partial charge in [0.15, 0.2) is 6.10 Å². The second-order valence-electron chi connectivity index (χ2n) is 3.32. The highest BCUT2D eigenvalue weighted by Crippen LogP contribution is 2.34. The highest BCUT2D eigenvalue weighted by atomic mass is 32.1. The van der Waals surface area contributed by atoms with Crippen molar-refractivity contribution in [3.63, 3.8) is 0 Å². The molecule has 17 heavy (non-hydrogen) atoms. The summed E-state index contributed by atoms with van der Waals surface area (Å²) in [6, 6.07) is 1.91. The summed E-state index contributed by atoms with van der Waals surface area (Å²) in [6.07, 6.45) is -5.11.